The molecule has 204 valence electrons. The number of amides is 1. The zero-order valence-electron chi connectivity index (χ0n) is 22.2. The summed E-state index contributed by atoms with van der Waals surface area (Å²) in [4.78, 5) is 26.7. The predicted molar refractivity (Wildman–Crippen MR) is 147 cm³/mol. The average Bonchev–Trinajstić information content (AvgIpc) is 3.44. The standard InChI is InChI=1S/C26H32N4O6S2/c1-30-23(15-12-17(33-2)22(35-4)18(13-15)34-3)28-29-26(30)37-14-20(31)27-24-21(25(32)36-5)16-10-8-6-7-9-11-19(16)38-24/h12-13H,6-11,14H2,1-5H3,(H,27,31). The van der Waals surface area contributed by atoms with E-state index >= 15 is 0 Å². The Morgan fingerprint density at radius 2 is 1.68 bits per heavy atom. The molecule has 12 heteroatoms. The molecule has 38 heavy (non-hydrogen) atoms. The number of carbonyl (C=O) groups is 2. The third-order valence-corrected chi connectivity index (χ3v) is 8.63. The second-order valence-corrected chi connectivity index (χ2v) is 10.8. The Morgan fingerprint density at radius 3 is 2.32 bits per heavy atom. The third kappa shape index (κ3) is 5.75. The molecule has 0 bridgehead atoms. The Bertz CT molecular complexity index is 1290. The number of aromatic nitrogens is 3. The topological polar surface area (TPSA) is 114 Å². The number of esters is 1. The number of anilines is 1. The SMILES string of the molecule is COC(=O)c1c(NC(=O)CSc2nnc(-c3cc(OC)c(OC)c(OC)c3)n2C)sc2c1CCCCCC2. The quantitative estimate of drug-likeness (QED) is 0.293. The Kier molecular flexibility index (Phi) is 9.16. The molecule has 0 unspecified atom stereocenters. The van der Waals surface area contributed by atoms with Gasteiger partial charge >= 0.3 is 5.97 Å². The molecule has 4 rings (SSSR count). The van der Waals surface area contributed by atoms with Crippen LogP contribution in [0, 0.1) is 0 Å². The van der Waals surface area contributed by atoms with E-state index in [1.54, 1.807) is 38.0 Å². The number of nitrogens with one attached hydrogen (secondary N) is 1. The van der Waals surface area contributed by atoms with Gasteiger partial charge in [-0.3, -0.25) is 4.79 Å². The second-order valence-electron chi connectivity index (χ2n) is 8.73. The van der Waals surface area contributed by atoms with Gasteiger partial charge in [-0.2, -0.15) is 0 Å². The van der Waals surface area contributed by atoms with Gasteiger partial charge in [0.05, 0.1) is 39.8 Å². The van der Waals surface area contributed by atoms with Gasteiger partial charge in [-0.25, -0.2) is 4.79 Å². The number of carbonyl (C=O) groups excluding carboxylic acids is 2. The van der Waals surface area contributed by atoms with E-state index < -0.39 is 5.97 Å². The number of hydrogen-bond donors (Lipinski definition) is 1. The van der Waals surface area contributed by atoms with Crippen molar-refractivity contribution >= 4 is 40.0 Å². The van der Waals surface area contributed by atoms with Crippen LogP contribution in [0.1, 0.15) is 46.5 Å². The summed E-state index contributed by atoms with van der Waals surface area (Å²) in [6, 6.07) is 3.59. The van der Waals surface area contributed by atoms with E-state index in [0.717, 1.165) is 48.1 Å². The summed E-state index contributed by atoms with van der Waals surface area (Å²) in [5.74, 6) is 1.54. The first-order chi connectivity index (χ1) is 18.4. The van der Waals surface area contributed by atoms with Crippen LogP contribution in [0.2, 0.25) is 0 Å². The van der Waals surface area contributed by atoms with Crippen molar-refractivity contribution in [2.45, 2.75) is 43.7 Å². The van der Waals surface area contributed by atoms with Crippen LogP contribution in [0.15, 0.2) is 17.3 Å². The maximum atomic E-state index is 12.9. The molecular formula is C26H32N4O6S2. The first kappa shape index (κ1) is 27.8. The number of methoxy groups -OCH3 is 4. The molecule has 1 amide bonds. The monoisotopic (exact) mass is 560 g/mol. The number of thiophene rings is 1. The highest BCUT2D eigenvalue weighted by Crippen LogP contribution is 2.41. The number of rotatable bonds is 9. The third-order valence-electron chi connectivity index (χ3n) is 6.40. The van der Waals surface area contributed by atoms with E-state index in [1.165, 1.54) is 36.6 Å². The predicted octanol–water partition coefficient (Wildman–Crippen LogP) is 4.75. The van der Waals surface area contributed by atoms with Crippen LogP contribution in [0.25, 0.3) is 11.4 Å². The molecule has 0 aliphatic heterocycles. The highest BCUT2D eigenvalue weighted by atomic mass is 32.2. The average molecular weight is 561 g/mol. The molecule has 2 aromatic heterocycles. The van der Waals surface area contributed by atoms with Crippen molar-refractivity contribution in [1.82, 2.24) is 14.8 Å². The summed E-state index contributed by atoms with van der Waals surface area (Å²) in [6.45, 7) is 0. The maximum absolute atomic E-state index is 12.9. The van der Waals surface area contributed by atoms with Crippen LogP contribution in [0.4, 0.5) is 5.00 Å². The van der Waals surface area contributed by atoms with Crippen molar-refractivity contribution in [2.24, 2.45) is 7.05 Å². The van der Waals surface area contributed by atoms with Gasteiger partial charge in [0.2, 0.25) is 11.7 Å². The molecule has 1 N–H and O–H groups in total. The molecule has 10 nitrogen and oxygen atoms in total. The van der Waals surface area contributed by atoms with Crippen LogP contribution in [0.3, 0.4) is 0 Å². The molecule has 1 aliphatic rings. The van der Waals surface area contributed by atoms with E-state index in [4.69, 9.17) is 18.9 Å². The molecule has 0 saturated heterocycles. The summed E-state index contributed by atoms with van der Waals surface area (Å²) in [7, 11) is 7.85. The molecule has 0 spiro atoms. The number of hydrogen-bond acceptors (Lipinski definition) is 10. The number of ether oxygens (including phenoxy) is 4. The van der Waals surface area contributed by atoms with Gasteiger partial charge in [0, 0.05) is 17.5 Å². The zero-order valence-corrected chi connectivity index (χ0v) is 23.8. The first-order valence-electron chi connectivity index (χ1n) is 12.3. The fraction of sp³-hybridized carbons (Fsp3) is 0.462. The fourth-order valence-corrected chi connectivity index (χ4v) is 6.53. The van der Waals surface area contributed by atoms with Gasteiger partial charge in [-0.05, 0) is 43.4 Å². The van der Waals surface area contributed by atoms with E-state index in [1.807, 2.05) is 7.05 Å². The lowest BCUT2D eigenvalue weighted by atomic mass is 9.96. The summed E-state index contributed by atoms with van der Waals surface area (Å²) < 4.78 is 23.2. The number of nitrogens with zero attached hydrogens (tertiary/aromatic N) is 3. The molecule has 1 aliphatic carbocycles. The highest BCUT2D eigenvalue weighted by molar-refractivity contribution is 7.99. The molecule has 0 atom stereocenters. The van der Waals surface area contributed by atoms with Gasteiger partial charge in [-0.15, -0.1) is 21.5 Å². The minimum absolute atomic E-state index is 0.102. The largest absolute Gasteiger partial charge is 0.493 e. The van der Waals surface area contributed by atoms with Crippen molar-refractivity contribution in [3.8, 4) is 28.6 Å². The molecule has 3 aromatic rings. The van der Waals surface area contributed by atoms with Crippen LogP contribution in [0.5, 0.6) is 17.2 Å². The lowest BCUT2D eigenvalue weighted by Gasteiger charge is -2.14. The number of fused-ring (bicyclic) bond motifs is 1. The molecular weight excluding hydrogens is 528 g/mol. The number of thioether (sulfide) groups is 1. The summed E-state index contributed by atoms with van der Waals surface area (Å²) in [5.41, 5.74) is 2.24. The van der Waals surface area contributed by atoms with Crippen LogP contribution in [-0.2, 0) is 29.4 Å². The van der Waals surface area contributed by atoms with Crippen LogP contribution >= 0.6 is 23.1 Å². The minimum atomic E-state index is -0.408. The Hall–Kier alpha value is -3.25. The number of benzene rings is 1. The van der Waals surface area contributed by atoms with E-state index in [0.29, 0.717) is 38.8 Å². The molecule has 2 heterocycles. The Labute approximate surface area is 230 Å². The van der Waals surface area contributed by atoms with Crippen molar-refractivity contribution < 1.29 is 28.5 Å². The fourth-order valence-electron chi connectivity index (χ4n) is 4.52. The highest BCUT2D eigenvalue weighted by Gasteiger charge is 2.26. The summed E-state index contributed by atoms with van der Waals surface area (Å²) in [5, 5.41) is 12.7. The van der Waals surface area contributed by atoms with Gasteiger partial charge in [0.1, 0.15) is 5.00 Å². The van der Waals surface area contributed by atoms with Gasteiger partial charge in [0.25, 0.3) is 0 Å². The maximum Gasteiger partial charge on any atom is 0.341 e. The smallest absolute Gasteiger partial charge is 0.341 e. The number of aryl methyl sites for hydroxylation is 1. The van der Waals surface area contributed by atoms with Crippen molar-refractivity contribution in [3.63, 3.8) is 0 Å². The molecule has 0 radical (unpaired) electrons. The minimum Gasteiger partial charge on any atom is -0.493 e. The van der Waals surface area contributed by atoms with Gasteiger partial charge < -0.3 is 28.8 Å². The van der Waals surface area contributed by atoms with Crippen molar-refractivity contribution in [2.75, 3.05) is 39.5 Å². The van der Waals surface area contributed by atoms with Crippen LogP contribution < -0.4 is 19.5 Å². The van der Waals surface area contributed by atoms with Crippen molar-refractivity contribution in [3.05, 3.63) is 28.1 Å². The lowest BCUT2D eigenvalue weighted by Crippen LogP contribution is -2.16. The normalized spacial score (nSPS) is 13.2. The van der Waals surface area contributed by atoms with Gasteiger partial charge in [-0.1, -0.05) is 24.6 Å². The Balaban J connectivity index is 1.50. The first-order valence-corrected chi connectivity index (χ1v) is 14.1. The van der Waals surface area contributed by atoms with Crippen molar-refractivity contribution in [1.29, 1.82) is 0 Å². The second kappa shape index (κ2) is 12.5. The Morgan fingerprint density at radius 1 is 1.00 bits per heavy atom. The molecule has 0 saturated carbocycles. The summed E-state index contributed by atoms with van der Waals surface area (Å²) in [6.07, 6.45) is 6.17. The molecule has 1 aromatic carbocycles. The van der Waals surface area contributed by atoms with Gasteiger partial charge in [0.15, 0.2) is 22.5 Å². The summed E-state index contributed by atoms with van der Waals surface area (Å²) >= 11 is 2.74. The van der Waals surface area contributed by atoms with E-state index in [-0.39, 0.29) is 11.7 Å². The van der Waals surface area contributed by atoms with E-state index in [9.17, 15) is 9.59 Å². The molecule has 0 fully saturated rings. The zero-order chi connectivity index (χ0) is 27.2. The van der Waals surface area contributed by atoms with E-state index in [2.05, 4.69) is 15.5 Å². The van der Waals surface area contributed by atoms with Crippen LogP contribution in [-0.4, -0.2) is 60.8 Å². The lowest BCUT2D eigenvalue weighted by molar-refractivity contribution is -0.113.